The van der Waals surface area contributed by atoms with Crippen LogP contribution >= 0.6 is 0 Å². The Morgan fingerprint density at radius 1 is 1.53 bits per heavy atom. The molecule has 1 unspecified atom stereocenters. The number of halogens is 1. The molecule has 0 aliphatic rings. The highest BCUT2D eigenvalue weighted by Gasteiger charge is 2.16. The van der Waals surface area contributed by atoms with E-state index < -0.39 is 5.82 Å². The van der Waals surface area contributed by atoms with Crippen molar-refractivity contribution < 1.29 is 9.13 Å². The van der Waals surface area contributed by atoms with Gasteiger partial charge in [0.05, 0.1) is 12.2 Å². The second-order valence-corrected chi connectivity index (χ2v) is 4.56. The number of likely N-dealkylation sites (N-methyl/N-ethyl adjacent to an activating group) is 1. The molecule has 4 nitrogen and oxygen atoms in total. The summed E-state index contributed by atoms with van der Waals surface area (Å²) >= 11 is 0. The van der Waals surface area contributed by atoms with E-state index in [0.717, 1.165) is 6.54 Å². The molecule has 19 heavy (non-hydrogen) atoms. The van der Waals surface area contributed by atoms with Crippen LogP contribution in [0.25, 0.3) is 0 Å². The van der Waals surface area contributed by atoms with Crippen molar-refractivity contribution in [3.8, 4) is 0 Å². The Labute approximate surface area is 113 Å². The van der Waals surface area contributed by atoms with Crippen molar-refractivity contribution in [2.75, 3.05) is 20.3 Å². The van der Waals surface area contributed by atoms with E-state index in [4.69, 9.17) is 15.9 Å². The van der Waals surface area contributed by atoms with E-state index in [2.05, 4.69) is 4.90 Å². The summed E-state index contributed by atoms with van der Waals surface area (Å²) in [6.45, 7) is 5.95. The lowest BCUT2D eigenvalue weighted by Crippen LogP contribution is -2.36. The molecule has 0 fully saturated rings. The Kier molecular flexibility index (Phi) is 5.92. The first-order valence-corrected chi connectivity index (χ1v) is 6.36. The normalized spacial score (nSPS) is 12.7. The molecule has 0 bridgehead atoms. The number of ether oxygens (including phenoxy) is 1. The van der Waals surface area contributed by atoms with Gasteiger partial charge in [-0.05, 0) is 19.5 Å². The molecule has 1 aromatic carbocycles. The number of hydrogen-bond donors (Lipinski definition) is 2. The number of nitrogen functional groups attached to an aromatic ring is 1. The highest BCUT2D eigenvalue weighted by atomic mass is 19.1. The van der Waals surface area contributed by atoms with E-state index in [-0.39, 0.29) is 17.4 Å². The number of nitrogens with zero attached hydrogens (tertiary/aromatic N) is 1. The standard InChI is InChI=1S/C14H22FN3O/c1-4-18(10(2)9-19-3)8-11-6-5-7-12(13(11)15)14(16)17/h5-7,10H,4,8-9H2,1-3H3,(H3,16,17). The van der Waals surface area contributed by atoms with Gasteiger partial charge in [0.15, 0.2) is 0 Å². The monoisotopic (exact) mass is 267 g/mol. The van der Waals surface area contributed by atoms with Gasteiger partial charge in [0.1, 0.15) is 11.7 Å². The fourth-order valence-corrected chi connectivity index (χ4v) is 2.05. The lowest BCUT2D eigenvalue weighted by molar-refractivity contribution is 0.0975. The predicted octanol–water partition coefficient (Wildman–Crippen LogP) is 1.97. The molecule has 106 valence electrons. The number of nitrogens with two attached hydrogens (primary N) is 1. The van der Waals surface area contributed by atoms with Gasteiger partial charge in [0.2, 0.25) is 0 Å². The summed E-state index contributed by atoms with van der Waals surface area (Å²) in [4.78, 5) is 2.12. The minimum atomic E-state index is -0.405. The highest BCUT2D eigenvalue weighted by Crippen LogP contribution is 2.16. The third-order valence-corrected chi connectivity index (χ3v) is 3.18. The number of amidine groups is 1. The first kappa shape index (κ1) is 15.6. The van der Waals surface area contributed by atoms with Crippen molar-refractivity contribution in [3.63, 3.8) is 0 Å². The van der Waals surface area contributed by atoms with Crippen LogP contribution in [0.3, 0.4) is 0 Å². The van der Waals surface area contributed by atoms with Crippen LogP contribution in [0.4, 0.5) is 4.39 Å². The van der Waals surface area contributed by atoms with Crippen LogP contribution in [0.2, 0.25) is 0 Å². The Bertz CT molecular complexity index is 437. The maximum absolute atomic E-state index is 14.2. The molecule has 0 saturated heterocycles. The quantitative estimate of drug-likeness (QED) is 0.586. The smallest absolute Gasteiger partial charge is 0.138 e. The third kappa shape index (κ3) is 4.01. The average Bonchev–Trinajstić information content (AvgIpc) is 2.37. The summed E-state index contributed by atoms with van der Waals surface area (Å²) in [6.07, 6.45) is 0. The van der Waals surface area contributed by atoms with Gasteiger partial charge in [-0.1, -0.05) is 19.1 Å². The third-order valence-electron chi connectivity index (χ3n) is 3.18. The summed E-state index contributed by atoms with van der Waals surface area (Å²) in [7, 11) is 1.65. The van der Waals surface area contributed by atoms with Crippen LogP contribution in [-0.4, -0.2) is 37.0 Å². The Balaban J connectivity index is 2.91. The van der Waals surface area contributed by atoms with Crippen LogP contribution in [0.5, 0.6) is 0 Å². The van der Waals surface area contributed by atoms with Gasteiger partial charge >= 0.3 is 0 Å². The molecule has 1 rings (SSSR count). The van der Waals surface area contributed by atoms with E-state index in [1.807, 2.05) is 13.8 Å². The lowest BCUT2D eigenvalue weighted by atomic mass is 10.1. The SMILES string of the molecule is CCN(Cc1cccc(C(=N)N)c1F)C(C)COC. The predicted molar refractivity (Wildman–Crippen MR) is 74.8 cm³/mol. The number of rotatable bonds is 7. The van der Waals surface area contributed by atoms with Crippen molar-refractivity contribution in [1.29, 1.82) is 5.41 Å². The van der Waals surface area contributed by atoms with E-state index in [1.165, 1.54) is 6.07 Å². The summed E-state index contributed by atoms with van der Waals surface area (Å²) < 4.78 is 19.3. The van der Waals surface area contributed by atoms with E-state index >= 15 is 0 Å². The van der Waals surface area contributed by atoms with Crippen molar-refractivity contribution in [2.45, 2.75) is 26.4 Å². The molecule has 5 heteroatoms. The topological polar surface area (TPSA) is 62.3 Å². The van der Waals surface area contributed by atoms with Crippen LogP contribution < -0.4 is 5.73 Å². The summed E-state index contributed by atoms with van der Waals surface area (Å²) in [5.74, 6) is -0.648. The van der Waals surface area contributed by atoms with Gasteiger partial charge in [0, 0.05) is 25.3 Å². The molecule has 0 radical (unpaired) electrons. The largest absolute Gasteiger partial charge is 0.384 e. The zero-order valence-electron chi connectivity index (χ0n) is 11.7. The van der Waals surface area contributed by atoms with Crippen LogP contribution in [0, 0.1) is 11.2 Å². The van der Waals surface area contributed by atoms with Crippen molar-refractivity contribution in [3.05, 3.63) is 35.1 Å². The van der Waals surface area contributed by atoms with Gasteiger partial charge in [-0.2, -0.15) is 0 Å². The molecule has 0 heterocycles. The Hall–Kier alpha value is -1.46. The lowest BCUT2D eigenvalue weighted by Gasteiger charge is -2.27. The molecule has 0 spiro atoms. The second-order valence-electron chi connectivity index (χ2n) is 4.56. The molecule has 0 saturated carbocycles. The van der Waals surface area contributed by atoms with Gasteiger partial charge in [0.25, 0.3) is 0 Å². The van der Waals surface area contributed by atoms with Gasteiger partial charge in [-0.3, -0.25) is 10.3 Å². The van der Waals surface area contributed by atoms with Crippen LogP contribution in [0.15, 0.2) is 18.2 Å². The fourth-order valence-electron chi connectivity index (χ4n) is 2.05. The van der Waals surface area contributed by atoms with Crippen LogP contribution in [-0.2, 0) is 11.3 Å². The second kappa shape index (κ2) is 7.21. The average molecular weight is 267 g/mol. The van der Waals surface area contributed by atoms with Gasteiger partial charge in [-0.15, -0.1) is 0 Å². The maximum atomic E-state index is 14.2. The zero-order valence-corrected chi connectivity index (χ0v) is 11.7. The molecule has 0 aromatic heterocycles. The zero-order chi connectivity index (χ0) is 14.4. The Morgan fingerprint density at radius 2 is 2.21 bits per heavy atom. The molecular formula is C14H22FN3O. The number of nitrogens with one attached hydrogen (secondary N) is 1. The molecule has 0 aliphatic heterocycles. The fraction of sp³-hybridized carbons (Fsp3) is 0.500. The van der Waals surface area contributed by atoms with E-state index in [1.54, 1.807) is 19.2 Å². The number of benzene rings is 1. The summed E-state index contributed by atoms with van der Waals surface area (Å²) in [6, 6.07) is 5.18. The molecule has 3 N–H and O–H groups in total. The van der Waals surface area contributed by atoms with Crippen molar-refractivity contribution in [1.82, 2.24) is 4.90 Å². The Morgan fingerprint density at radius 3 is 2.74 bits per heavy atom. The summed E-state index contributed by atoms with van der Waals surface area (Å²) in [5.41, 5.74) is 6.08. The molecule has 0 amide bonds. The summed E-state index contributed by atoms with van der Waals surface area (Å²) in [5, 5.41) is 7.35. The highest BCUT2D eigenvalue weighted by molar-refractivity contribution is 5.95. The van der Waals surface area contributed by atoms with E-state index in [0.29, 0.717) is 18.7 Å². The first-order valence-electron chi connectivity index (χ1n) is 6.36. The molecule has 1 aromatic rings. The maximum Gasteiger partial charge on any atom is 0.138 e. The van der Waals surface area contributed by atoms with Crippen molar-refractivity contribution in [2.24, 2.45) is 5.73 Å². The molecular weight excluding hydrogens is 245 g/mol. The number of methoxy groups -OCH3 is 1. The first-order chi connectivity index (χ1) is 9.01. The van der Waals surface area contributed by atoms with Gasteiger partial charge in [-0.25, -0.2) is 4.39 Å². The minimum absolute atomic E-state index is 0.160. The number of hydrogen-bond acceptors (Lipinski definition) is 3. The van der Waals surface area contributed by atoms with Crippen molar-refractivity contribution >= 4 is 5.84 Å². The van der Waals surface area contributed by atoms with E-state index in [9.17, 15) is 4.39 Å². The minimum Gasteiger partial charge on any atom is -0.384 e. The molecule has 1 atom stereocenters. The van der Waals surface area contributed by atoms with Gasteiger partial charge < -0.3 is 10.5 Å². The molecule has 0 aliphatic carbocycles. The van der Waals surface area contributed by atoms with Crippen LogP contribution in [0.1, 0.15) is 25.0 Å².